The Morgan fingerprint density at radius 1 is 1.05 bits per heavy atom. The highest BCUT2D eigenvalue weighted by Gasteiger charge is 2.06. The van der Waals surface area contributed by atoms with Gasteiger partial charge in [0.2, 0.25) is 0 Å². The number of pyridine rings is 1. The molecule has 114 valence electrons. The Morgan fingerprint density at radius 3 is 2.05 bits per heavy atom. The minimum absolute atomic E-state index is 0.215. The van der Waals surface area contributed by atoms with Crippen molar-refractivity contribution in [3.63, 3.8) is 0 Å². The summed E-state index contributed by atoms with van der Waals surface area (Å²) >= 11 is 0. The molecule has 0 saturated heterocycles. The second-order valence-corrected chi connectivity index (χ2v) is 4.15. The first kappa shape index (κ1) is 18.7. The number of benzene rings is 1. The van der Waals surface area contributed by atoms with Gasteiger partial charge in [0.25, 0.3) is 5.69 Å². The Balaban J connectivity index is 0.000000354. The van der Waals surface area contributed by atoms with Gasteiger partial charge in [-0.05, 0) is 49.6 Å². The third-order valence-electron chi connectivity index (χ3n) is 2.67. The van der Waals surface area contributed by atoms with Gasteiger partial charge < -0.3 is 0 Å². The molecule has 0 unspecified atom stereocenters. The summed E-state index contributed by atoms with van der Waals surface area (Å²) in [6, 6.07) is 5.58. The van der Waals surface area contributed by atoms with E-state index in [1.807, 2.05) is 32.3 Å². The van der Waals surface area contributed by atoms with Gasteiger partial charge in [-0.3, -0.25) is 15.1 Å². The minimum Gasteiger partial charge on any atom is -0.264 e. The third-order valence-corrected chi connectivity index (χ3v) is 2.67. The monoisotopic (exact) mass is 292 g/mol. The van der Waals surface area contributed by atoms with E-state index in [1.165, 1.54) is 23.3 Å². The van der Waals surface area contributed by atoms with Crippen LogP contribution in [0.2, 0.25) is 0 Å². The first-order valence-electron chi connectivity index (χ1n) is 6.69. The predicted molar refractivity (Wildman–Crippen MR) is 82.9 cm³/mol. The number of nitrogens with zero attached hydrogens (tertiary/aromatic N) is 2. The molecule has 0 amide bonds. The topological polar surface area (TPSA) is 56.0 Å². The molecule has 5 heteroatoms. The van der Waals surface area contributed by atoms with Crippen molar-refractivity contribution in [2.24, 2.45) is 0 Å². The predicted octanol–water partition coefficient (Wildman–Crippen LogP) is 4.77. The molecule has 0 aliphatic rings. The number of hydrogen-bond donors (Lipinski definition) is 0. The Labute approximate surface area is 124 Å². The van der Waals surface area contributed by atoms with Gasteiger partial charge in [-0.2, -0.15) is 0 Å². The van der Waals surface area contributed by atoms with Crippen LogP contribution in [0.4, 0.5) is 10.1 Å². The smallest absolute Gasteiger partial charge is 0.264 e. The zero-order valence-corrected chi connectivity index (χ0v) is 13.1. The van der Waals surface area contributed by atoms with E-state index >= 15 is 0 Å². The highest BCUT2D eigenvalue weighted by Crippen LogP contribution is 2.14. The van der Waals surface area contributed by atoms with Crippen LogP contribution in [0.3, 0.4) is 0 Å². The molecule has 2 aromatic rings. The van der Waals surface area contributed by atoms with Crippen LogP contribution in [-0.4, -0.2) is 9.91 Å². The molecule has 0 aliphatic carbocycles. The molecule has 1 aromatic heterocycles. The number of halogens is 1. The molecule has 0 atom stereocenters. The molecule has 2 rings (SSSR count). The highest BCUT2D eigenvalue weighted by atomic mass is 19.1. The van der Waals surface area contributed by atoms with Crippen molar-refractivity contribution in [2.45, 2.75) is 34.6 Å². The molecule has 21 heavy (non-hydrogen) atoms. The van der Waals surface area contributed by atoms with Crippen LogP contribution in [0.25, 0.3) is 0 Å². The van der Waals surface area contributed by atoms with E-state index in [2.05, 4.69) is 18.8 Å². The summed E-state index contributed by atoms with van der Waals surface area (Å²) in [6.45, 7) is 9.69. The molecule has 0 bridgehead atoms. The zero-order valence-electron chi connectivity index (χ0n) is 13.1. The Hall–Kier alpha value is -2.30. The lowest BCUT2D eigenvalue weighted by atomic mass is 10.2. The fraction of sp³-hybridized carbons (Fsp3) is 0.312. The number of aromatic nitrogens is 1. The molecule has 0 N–H and O–H groups in total. The average Bonchev–Trinajstić information content (AvgIpc) is 2.48. The number of rotatable bonds is 1. The fourth-order valence-electron chi connectivity index (χ4n) is 1.24. The van der Waals surface area contributed by atoms with E-state index in [9.17, 15) is 14.5 Å². The van der Waals surface area contributed by atoms with E-state index < -0.39 is 10.7 Å². The highest BCUT2D eigenvalue weighted by molar-refractivity contribution is 5.33. The molecular weight excluding hydrogens is 271 g/mol. The van der Waals surface area contributed by atoms with Crippen molar-refractivity contribution in [1.82, 2.24) is 4.98 Å². The van der Waals surface area contributed by atoms with Crippen LogP contribution in [-0.2, 0) is 0 Å². The van der Waals surface area contributed by atoms with Crippen LogP contribution in [0.1, 0.15) is 30.5 Å². The fourth-order valence-corrected chi connectivity index (χ4v) is 1.24. The lowest BCUT2D eigenvalue weighted by molar-refractivity contribution is -0.385. The van der Waals surface area contributed by atoms with Crippen LogP contribution >= 0.6 is 0 Å². The summed E-state index contributed by atoms with van der Waals surface area (Å²) < 4.78 is 12.6. The Kier molecular flexibility index (Phi) is 8.53. The molecule has 0 radical (unpaired) electrons. The lowest BCUT2D eigenvalue weighted by Gasteiger charge is -1.93. The van der Waals surface area contributed by atoms with Gasteiger partial charge in [0.05, 0.1) is 11.0 Å². The second-order valence-electron chi connectivity index (χ2n) is 4.15. The number of aryl methyl sites for hydroxylation is 3. The molecular formula is C16H21FN2O2. The molecule has 0 fully saturated rings. The summed E-state index contributed by atoms with van der Waals surface area (Å²) in [6.07, 6.45) is 3.68. The molecule has 0 saturated carbocycles. The van der Waals surface area contributed by atoms with Gasteiger partial charge in [-0.1, -0.05) is 13.8 Å². The normalized spacial score (nSPS) is 8.86. The molecule has 1 heterocycles. The van der Waals surface area contributed by atoms with E-state index in [1.54, 1.807) is 6.92 Å². The third kappa shape index (κ3) is 6.61. The van der Waals surface area contributed by atoms with Gasteiger partial charge in [0.1, 0.15) is 5.82 Å². The lowest BCUT2D eigenvalue weighted by Crippen LogP contribution is -1.89. The van der Waals surface area contributed by atoms with E-state index in [0.717, 1.165) is 6.07 Å². The van der Waals surface area contributed by atoms with Crippen LogP contribution in [0.5, 0.6) is 0 Å². The molecule has 1 aromatic carbocycles. The average molecular weight is 292 g/mol. The van der Waals surface area contributed by atoms with Gasteiger partial charge in [0.15, 0.2) is 0 Å². The summed E-state index contributed by atoms with van der Waals surface area (Å²) in [7, 11) is 0. The first-order chi connectivity index (χ1) is 9.91. The minimum atomic E-state index is -0.622. The summed E-state index contributed by atoms with van der Waals surface area (Å²) in [4.78, 5) is 13.4. The van der Waals surface area contributed by atoms with Crippen molar-refractivity contribution in [3.05, 3.63) is 69.3 Å². The van der Waals surface area contributed by atoms with Gasteiger partial charge in [-0.25, -0.2) is 4.39 Å². The van der Waals surface area contributed by atoms with Crippen LogP contribution in [0, 0.1) is 36.7 Å². The van der Waals surface area contributed by atoms with Crippen molar-refractivity contribution < 1.29 is 9.31 Å². The van der Waals surface area contributed by atoms with Crippen molar-refractivity contribution in [2.75, 3.05) is 0 Å². The second kappa shape index (κ2) is 9.58. The van der Waals surface area contributed by atoms with E-state index in [4.69, 9.17) is 0 Å². The van der Waals surface area contributed by atoms with Crippen molar-refractivity contribution in [1.29, 1.82) is 0 Å². The molecule has 0 aliphatic heterocycles. The van der Waals surface area contributed by atoms with Crippen LogP contribution in [0.15, 0.2) is 36.7 Å². The standard InChI is InChI=1S/C7H6FNO2.C7H9N.C2H6/c1-5-2-3-6(9(10)11)4-7(5)8;1-6-3-4-8-5-7(6)2;1-2/h2-4H,1H3;3-5H,1-2H3;1-2H3. The molecule has 4 nitrogen and oxygen atoms in total. The maximum atomic E-state index is 12.6. The molecule has 0 spiro atoms. The maximum Gasteiger partial charge on any atom is 0.272 e. The van der Waals surface area contributed by atoms with Gasteiger partial charge in [-0.15, -0.1) is 0 Å². The van der Waals surface area contributed by atoms with Gasteiger partial charge in [0, 0.05) is 18.5 Å². The zero-order chi connectivity index (χ0) is 16.4. The Bertz CT molecular complexity index is 565. The summed E-state index contributed by atoms with van der Waals surface area (Å²) in [5.41, 5.74) is 2.76. The summed E-state index contributed by atoms with van der Waals surface area (Å²) in [5, 5.41) is 10.1. The van der Waals surface area contributed by atoms with Gasteiger partial charge >= 0.3 is 0 Å². The first-order valence-corrected chi connectivity index (χ1v) is 6.69. The van der Waals surface area contributed by atoms with Crippen molar-refractivity contribution >= 4 is 5.69 Å². The largest absolute Gasteiger partial charge is 0.272 e. The summed E-state index contributed by atoms with van der Waals surface area (Å²) in [5.74, 6) is -0.542. The van der Waals surface area contributed by atoms with E-state index in [-0.39, 0.29) is 5.69 Å². The number of nitro groups is 1. The quantitative estimate of drug-likeness (QED) is 0.562. The number of hydrogen-bond acceptors (Lipinski definition) is 3. The van der Waals surface area contributed by atoms with Crippen molar-refractivity contribution in [3.8, 4) is 0 Å². The number of non-ortho nitro benzene ring substituents is 1. The van der Waals surface area contributed by atoms with Crippen LogP contribution < -0.4 is 0 Å². The Morgan fingerprint density at radius 2 is 1.67 bits per heavy atom. The SMILES string of the molecule is CC.Cc1ccc([N+](=O)[O-])cc1F.Cc1ccncc1C. The van der Waals surface area contributed by atoms with E-state index in [0.29, 0.717) is 5.56 Å². The number of nitro benzene ring substituents is 1. The maximum absolute atomic E-state index is 12.6.